The van der Waals surface area contributed by atoms with Crippen molar-refractivity contribution >= 4 is 5.91 Å². The zero-order valence-electron chi connectivity index (χ0n) is 14.5. The maximum absolute atomic E-state index is 12.8. The minimum absolute atomic E-state index is 0.134. The van der Waals surface area contributed by atoms with Crippen LogP contribution in [0.3, 0.4) is 0 Å². The number of ether oxygens (including phenoxy) is 1. The Morgan fingerprint density at radius 3 is 3.08 bits per heavy atom. The summed E-state index contributed by atoms with van der Waals surface area (Å²) in [4.78, 5) is 19.1. The van der Waals surface area contributed by atoms with Crippen LogP contribution in [0.15, 0.2) is 28.8 Å². The number of amides is 1. The molecule has 0 N–H and O–H groups in total. The monoisotopic (exact) mass is 341 g/mol. The third-order valence-electron chi connectivity index (χ3n) is 5.13. The molecule has 1 aromatic heterocycles. The van der Waals surface area contributed by atoms with Gasteiger partial charge in [0.1, 0.15) is 0 Å². The van der Waals surface area contributed by atoms with E-state index in [1.165, 1.54) is 5.56 Å². The number of benzene rings is 1. The fourth-order valence-corrected chi connectivity index (χ4v) is 3.83. The van der Waals surface area contributed by atoms with Crippen molar-refractivity contribution in [1.82, 2.24) is 15.0 Å². The van der Waals surface area contributed by atoms with E-state index in [4.69, 9.17) is 9.26 Å². The Kier molecular flexibility index (Phi) is 4.53. The minimum atomic E-state index is -0.134. The van der Waals surface area contributed by atoms with Gasteiger partial charge in [0.2, 0.25) is 11.8 Å². The third-order valence-corrected chi connectivity index (χ3v) is 5.13. The molecule has 6 heteroatoms. The predicted octanol–water partition coefficient (Wildman–Crippen LogP) is 2.79. The molecule has 1 amide bonds. The first-order valence-electron chi connectivity index (χ1n) is 8.98. The van der Waals surface area contributed by atoms with Gasteiger partial charge in [-0.15, -0.1) is 0 Å². The highest BCUT2D eigenvalue weighted by Crippen LogP contribution is 2.31. The van der Waals surface area contributed by atoms with E-state index in [1.807, 2.05) is 17.0 Å². The van der Waals surface area contributed by atoms with E-state index in [1.54, 1.807) is 6.92 Å². The van der Waals surface area contributed by atoms with Crippen LogP contribution < -0.4 is 0 Å². The number of carbonyl (C=O) groups is 1. The van der Waals surface area contributed by atoms with E-state index >= 15 is 0 Å². The molecule has 0 aliphatic carbocycles. The second kappa shape index (κ2) is 6.96. The van der Waals surface area contributed by atoms with Crippen LogP contribution in [-0.4, -0.2) is 40.6 Å². The summed E-state index contributed by atoms with van der Waals surface area (Å²) in [5.41, 5.74) is 2.45. The maximum Gasteiger partial charge on any atom is 0.225 e. The Balaban J connectivity index is 1.43. The van der Waals surface area contributed by atoms with E-state index < -0.39 is 0 Å². The number of hydrogen-bond donors (Lipinski definition) is 0. The Labute approximate surface area is 147 Å². The molecule has 2 aromatic rings. The number of piperidine rings is 1. The lowest BCUT2D eigenvalue weighted by Gasteiger charge is -2.33. The molecule has 0 saturated carbocycles. The van der Waals surface area contributed by atoms with Crippen LogP contribution in [0.1, 0.15) is 54.1 Å². The lowest BCUT2D eigenvalue weighted by atomic mass is 9.94. The molecule has 2 aliphatic heterocycles. The van der Waals surface area contributed by atoms with E-state index in [0.29, 0.717) is 31.3 Å². The Morgan fingerprint density at radius 1 is 1.36 bits per heavy atom. The smallest absolute Gasteiger partial charge is 0.225 e. The van der Waals surface area contributed by atoms with Crippen molar-refractivity contribution in [3.8, 4) is 0 Å². The largest absolute Gasteiger partial charge is 0.373 e. The Bertz CT molecular complexity index is 758. The summed E-state index contributed by atoms with van der Waals surface area (Å²) in [6.07, 6.45) is 3.14. The van der Waals surface area contributed by atoms with Gasteiger partial charge in [-0.25, -0.2) is 0 Å². The van der Waals surface area contributed by atoms with Crippen molar-refractivity contribution in [3.63, 3.8) is 0 Å². The average Bonchev–Trinajstić information content (AvgIpc) is 3.09. The van der Waals surface area contributed by atoms with Crippen molar-refractivity contribution in [3.05, 3.63) is 47.1 Å². The van der Waals surface area contributed by atoms with Crippen molar-refractivity contribution < 1.29 is 14.1 Å². The molecule has 4 rings (SSSR count). The molecular weight excluding hydrogens is 318 g/mol. The van der Waals surface area contributed by atoms with Crippen molar-refractivity contribution in [2.24, 2.45) is 0 Å². The van der Waals surface area contributed by atoms with Gasteiger partial charge in [-0.2, -0.15) is 4.98 Å². The fraction of sp³-hybridized carbons (Fsp3) is 0.526. The molecule has 1 fully saturated rings. The summed E-state index contributed by atoms with van der Waals surface area (Å²) in [5.74, 6) is 1.60. The topological polar surface area (TPSA) is 68.5 Å². The fourth-order valence-electron chi connectivity index (χ4n) is 3.83. The van der Waals surface area contributed by atoms with Crippen LogP contribution >= 0.6 is 0 Å². The van der Waals surface area contributed by atoms with Crippen molar-refractivity contribution in [2.45, 2.75) is 44.6 Å². The van der Waals surface area contributed by atoms with Crippen LogP contribution in [0.2, 0.25) is 0 Å². The van der Waals surface area contributed by atoms with E-state index in [9.17, 15) is 4.79 Å². The third kappa shape index (κ3) is 3.44. The lowest BCUT2D eigenvalue weighted by Crippen LogP contribution is -2.40. The predicted molar refractivity (Wildman–Crippen MR) is 91.0 cm³/mol. The van der Waals surface area contributed by atoms with Crippen LogP contribution in [0.5, 0.6) is 0 Å². The quantitative estimate of drug-likeness (QED) is 0.859. The Morgan fingerprint density at radius 2 is 2.24 bits per heavy atom. The second-order valence-corrected chi connectivity index (χ2v) is 6.86. The molecule has 3 heterocycles. The number of aryl methyl sites for hydroxylation is 1. The summed E-state index contributed by atoms with van der Waals surface area (Å²) in [7, 11) is 0. The number of fused-ring (bicyclic) bond motifs is 1. The van der Waals surface area contributed by atoms with Crippen LogP contribution in [-0.2, 0) is 16.0 Å². The molecule has 2 unspecified atom stereocenters. The number of rotatable bonds is 3. The van der Waals surface area contributed by atoms with Gasteiger partial charge in [0.05, 0.1) is 19.1 Å². The average molecular weight is 341 g/mol. The molecule has 0 radical (unpaired) electrons. The van der Waals surface area contributed by atoms with Gasteiger partial charge in [-0.05, 0) is 30.4 Å². The second-order valence-electron chi connectivity index (χ2n) is 6.86. The van der Waals surface area contributed by atoms with Crippen LogP contribution in [0.4, 0.5) is 0 Å². The van der Waals surface area contributed by atoms with Crippen molar-refractivity contribution in [1.29, 1.82) is 0 Å². The van der Waals surface area contributed by atoms with Crippen molar-refractivity contribution in [2.75, 3.05) is 19.7 Å². The highest BCUT2D eigenvalue weighted by Gasteiger charge is 2.30. The van der Waals surface area contributed by atoms with Gasteiger partial charge < -0.3 is 14.2 Å². The summed E-state index contributed by atoms with van der Waals surface area (Å²) in [6.45, 7) is 3.92. The molecule has 6 nitrogen and oxygen atoms in total. The van der Waals surface area contributed by atoms with Crippen LogP contribution in [0.25, 0.3) is 0 Å². The molecular formula is C19H23N3O3. The van der Waals surface area contributed by atoms with E-state index in [-0.39, 0.29) is 17.9 Å². The number of aromatic nitrogens is 2. The summed E-state index contributed by atoms with van der Waals surface area (Å²) in [5, 5.41) is 4.03. The number of nitrogens with zero attached hydrogens (tertiary/aromatic N) is 3. The maximum atomic E-state index is 12.8. The van der Waals surface area contributed by atoms with E-state index in [2.05, 4.69) is 22.3 Å². The number of carbonyl (C=O) groups excluding carboxylic acids is 1. The molecule has 2 atom stereocenters. The highest BCUT2D eigenvalue weighted by atomic mass is 16.5. The summed E-state index contributed by atoms with van der Waals surface area (Å²) >= 11 is 0. The highest BCUT2D eigenvalue weighted by molar-refractivity contribution is 5.77. The molecule has 2 aliphatic rings. The first-order valence-corrected chi connectivity index (χ1v) is 8.98. The Hall–Kier alpha value is -2.21. The van der Waals surface area contributed by atoms with Gasteiger partial charge in [0, 0.05) is 25.9 Å². The molecule has 0 spiro atoms. The normalized spacial score (nSPS) is 23.3. The van der Waals surface area contributed by atoms with Gasteiger partial charge in [-0.1, -0.05) is 29.4 Å². The first-order chi connectivity index (χ1) is 12.2. The summed E-state index contributed by atoms with van der Waals surface area (Å²) < 4.78 is 11.0. The molecule has 25 heavy (non-hydrogen) atoms. The molecule has 132 valence electrons. The molecule has 1 aromatic carbocycles. The van der Waals surface area contributed by atoms with Crippen LogP contribution in [0, 0.1) is 6.92 Å². The zero-order chi connectivity index (χ0) is 17.2. The minimum Gasteiger partial charge on any atom is -0.373 e. The summed E-state index contributed by atoms with van der Waals surface area (Å²) in [6, 6.07) is 8.27. The number of hydrogen-bond acceptors (Lipinski definition) is 5. The van der Waals surface area contributed by atoms with E-state index in [0.717, 1.165) is 31.4 Å². The van der Waals surface area contributed by atoms with Gasteiger partial charge in [-0.3, -0.25) is 4.79 Å². The zero-order valence-corrected chi connectivity index (χ0v) is 14.5. The lowest BCUT2D eigenvalue weighted by molar-refractivity contribution is -0.136. The van der Waals surface area contributed by atoms with Gasteiger partial charge in [0.15, 0.2) is 5.82 Å². The SMILES string of the molecule is Cc1nc(C2CCCN(C(=O)CC3OCCc4ccccc43)C2)no1. The number of likely N-dealkylation sites (tertiary alicyclic amines) is 1. The molecule has 0 bridgehead atoms. The standard InChI is InChI=1S/C19H23N3O3/c1-13-20-19(21-25-13)15-6-4-9-22(12-15)18(23)11-17-16-7-3-2-5-14(16)8-10-24-17/h2-3,5,7,15,17H,4,6,8-12H2,1H3. The first kappa shape index (κ1) is 16.3. The van der Waals surface area contributed by atoms with Gasteiger partial charge in [0.25, 0.3) is 0 Å². The molecule has 1 saturated heterocycles. The van der Waals surface area contributed by atoms with Gasteiger partial charge >= 0.3 is 0 Å².